The van der Waals surface area contributed by atoms with E-state index in [-0.39, 0.29) is 5.41 Å². The van der Waals surface area contributed by atoms with Gasteiger partial charge in [-0.1, -0.05) is 39.3 Å². The molecular formula is C15H19BrClN3S. The number of aromatic nitrogens is 2. The minimum Gasteiger partial charge on any atom is -0.370 e. The molecule has 2 aromatic heterocycles. The highest BCUT2D eigenvalue weighted by Crippen LogP contribution is 2.37. The summed E-state index contributed by atoms with van der Waals surface area (Å²) in [5, 5.41) is 3.35. The molecule has 0 atom stereocenters. The molecule has 2 rings (SSSR count). The summed E-state index contributed by atoms with van der Waals surface area (Å²) in [5.74, 6) is 1.59. The maximum Gasteiger partial charge on any atom is 0.171 e. The Morgan fingerprint density at radius 2 is 2.00 bits per heavy atom. The van der Waals surface area contributed by atoms with Gasteiger partial charge in [0.05, 0.1) is 10.6 Å². The third-order valence-electron chi connectivity index (χ3n) is 2.92. The van der Waals surface area contributed by atoms with Crippen molar-refractivity contribution >= 4 is 44.7 Å². The minimum atomic E-state index is -0.0291. The average Bonchev–Trinajstić information content (AvgIpc) is 2.75. The third kappa shape index (κ3) is 4.18. The molecule has 0 amide bonds. The highest BCUT2D eigenvalue weighted by atomic mass is 79.9. The number of hydrogen-bond donors (Lipinski definition) is 1. The largest absolute Gasteiger partial charge is 0.370 e. The first-order valence-electron chi connectivity index (χ1n) is 6.90. The van der Waals surface area contributed by atoms with Gasteiger partial charge in [-0.3, -0.25) is 0 Å². The molecule has 1 N–H and O–H groups in total. The fourth-order valence-corrected chi connectivity index (χ4v) is 3.38. The number of rotatable bonds is 4. The molecule has 0 aliphatic heterocycles. The lowest BCUT2D eigenvalue weighted by Crippen LogP contribution is -2.16. The van der Waals surface area contributed by atoms with Crippen LogP contribution in [0.1, 0.15) is 39.8 Å². The van der Waals surface area contributed by atoms with Crippen molar-refractivity contribution in [3.8, 4) is 10.7 Å². The van der Waals surface area contributed by atoms with E-state index < -0.39 is 0 Å². The summed E-state index contributed by atoms with van der Waals surface area (Å²) in [5.41, 5.74) is 0.991. The molecule has 0 aromatic carbocycles. The predicted molar refractivity (Wildman–Crippen MR) is 95.5 cm³/mol. The van der Waals surface area contributed by atoms with Gasteiger partial charge in [0.25, 0.3) is 0 Å². The zero-order valence-electron chi connectivity index (χ0n) is 12.6. The monoisotopic (exact) mass is 387 g/mol. The van der Waals surface area contributed by atoms with E-state index in [0.29, 0.717) is 0 Å². The van der Waals surface area contributed by atoms with Crippen LogP contribution in [0.4, 0.5) is 5.82 Å². The normalized spacial score (nSPS) is 11.7. The molecule has 0 aliphatic rings. The Bertz CT molecular complexity index is 615. The van der Waals surface area contributed by atoms with Gasteiger partial charge < -0.3 is 5.32 Å². The summed E-state index contributed by atoms with van der Waals surface area (Å²) >= 11 is 11.1. The van der Waals surface area contributed by atoms with Crippen LogP contribution in [0.25, 0.3) is 10.7 Å². The number of hydrogen-bond acceptors (Lipinski definition) is 4. The second-order valence-corrected chi connectivity index (χ2v) is 8.38. The summed E-state index contributed by atoms with van der Waals surface area (Å²) in [6.07, 6.45) is 1.06. The van der Waals surface area contributed by atoms with E-state index in [1.54, 1.807) is 0 Å². The van der Waals surface area contributed by atoms with E-state index in [4.69, 9.17) is 16.6 Å². The van der Waals surface area contributed by atoms with E-state index in [0.717, 1.165) is 44.0 Å². The van der Waals surface area contributed by atoms with Crippen molar-refractivity contribution in [3.05, 3.63) is 26.6 Å². The van der Waals surface area contributed by atoms with Crippen LogP contribution in [0.3, 0.4) is 0 Å². The third-order valence-corrected chi connectivity index (χ3v) is 5.39. The molecule has 6 heteroatoms. The Balaban J connectivity index is 2.48. The van der Waals surface area contributed by atoms with Gasteiger partial charge in [-0.2, -0.15) is 0 Å². The van der Waals surface area contributed by atoms with Crippen molar-refractivity contribution in [1.82, 2.24) is 9.97 Å². The Morgan fingerprint density at radius 1 is 1.29 bits per heavy atom. The van der Waals surface area contributed by atoms with Crippen molar-refractivity contribution in [2.24, 2.45) is 0 Å². The van der Waals surface area contributed by atoms with Gasteiger partial charge in [0.1, 0.15) is 10.2 Å². The van der Waals surface area contributed by atoms with Crippen LogP contribution < -0.4 is 5.32 Å². The van der Waals surface area contributed by atoms with E-state index in [2.05, 4.69) is 53.9 Å². The van der Waals surface area contributed by atoms with E-state index in [1.165, 1.54) is 11.3 Å². The lowest BCUT2D eigenvalue weighted by molar-refractivity contribution is 0.568. The fraction of sp³-hybridized carbons (Fsp3) is 0.467. The molecule has 0 saturated carbocycles. The fourth-order valence-electron chi connectivity index (χ4n) is 1.74. The lowest BCUT2D eigenvalue weighted by Gasteiger charge is -2.19. The van der Waals surface area contributed by atoms with Crippen molar-refractivity contribution in [3.63, 3.8) is 0 Å². The molecule has 0 unspecified atom stereocenters. The molecule has 0 spiro atoms. The predicted octanol–water partition coefficient (Wildman–Crippen LogP) is 5.74. The second-order valence-electron chi connectivity index (χ2n) is 5.87. The second kappa shape index (κ2) is 6.63. The topological polar surface area (TPSA) is 37.8 Å². The Kier molecular flexibility index (Phi) is 5.28. The van der Waals surface area contributed by atoms with Gasteiger partial charge in [-0.15, -0.1) is 11.3 Å². The summed E-state index contributed by atoms with van der Waals surface area (Å²) in [6, 6.07) is 4.00. The smallest absolute Gasteiger partial charge is 0.171 e. The standard InChI is InChI=1S/C15H19BrClN3S/c1-5-6-18-12-8-11(15(2,3)4)19-14(20-12)10-7-9(16)13(17)21-10/h7-8H,5-6H2,1-4H3,(H,18,19,20). The van der Waals surface area contributed by atoms with Gasteiger partial charge in [0.2, 0.25) is 0 Å². The zero-order valence-corrected chi connectivity index (χ0v) is 15.8. The van der Waals surface area contributed by atoms with Crippen molar-refractivity contribution in [2.75, 3.05) is 11.9 Å². The van der Waals surface area contributed by atoms with E-state index in [9.17, 15) is 0 Å². The number of thiophene rings is 1. The van der Waals surface area contributed by atoms with Crippen LogP contribution in [0.5, 0.6) is 0 Å². The SMILES string of the molecule is CCCNc1cc(C(C)(C)C)nc(-c2cc(Br)c(Cl)s2)n1. The van der Waals surface area contributed by atoms with Crippen LogP contribution in [0.2, 0.25) is 4.34 Å². The number of nitrogens with zero attached hydrogens (tertiary/aromatic N) is 2. The van der Waals surface area contributed by atoms with Gasteiger partial charge >= 0.3 is 0 Å². The molecule has 21 heavy (non-hydrogen) atoms. The molecule has 114 valence electrons. The van der Waals surface area contributed by atoms with Gasteiger partial charge in [-0.25, -0.2) is 9.97 Å². The lowest BCUT2D eigenvalue weighted by atomic mass is 9.92. The van der Waals surface area contributed by atoms with E-state index in [1.807, 2.05) is 12.1 Å². The van der Waals surface area contributed by atoms with Crippen LogP contribution in [-0.4, -0.2) is 16.5 Å². The molecule has 0 fully saturated rings. The molecule has 3 nitrogen and oxygen atoms in total. The van der Waals surface area contributed by atoms with Gasteiger partial charge in [-0.05, 0) is 28.4 Å². The van der Waals surface area contributed by atoms with Crippen molar-refractivity contribution < 1.29 is 0 Å². The van der Waals surface area contributed by atoms with E-state index >= 15 is 0 Å². The Labute approximate surface area is 143 Å². The summed E-state index contributed by atoms with van der Waals surface area (Å²) in [4.78, 5) is 10.3. The average molecular weight is 389 g/mol. The summed E-state index contributed by atoms with van der Waals surface area (Å²) < 4.78 is 1.61. The Hall–Kier alpha value is -0.650. The molecular weight excluding hydrogens is 370 g/mol. The molecule has 0 aliphatic carbocycles. The van der Waals surface area contributed by atoms with Crippen molar-refractivity contribution in [2.45, 2.75) is 39.5 Å². The van der Waals surface area contributed by atoms with Crippen LogP contribution in [0, 0.1) is 0 Å². The molecule has 0 radical (unpaired) electrons. The van der Waals surface area contributed by atoms with Gasteiger partial charge in [0, 0.05) is 22.5 Å². The number of nitrogens with one attached hydrogen (secondary N) is 1. The molecule has 0 saturated heterocycles. The van der Waals surface area contributed by atoms with Crippen LogP contribution >= 0.6 is 38.9 Å². The van der Waals surface area contributed by atoms with Gasteiger partial charge in [0.15, 0.2) is 5.82 Å². The summed E-state index contributed by atoms with van der Waals surface area (Å²) in [7, 11) is 0. The maximum atomic E-state index is 6.13. The quantitative estimate of drug-likeness (QED) is 0.725. The molecule has 2 aromatic rings. The molecule has 0 bridgehead atoms. The summed E-state index contributed by atoms with van der Waals surface area (Å²) in [6.45, 7) is 9.49. The first-order valence-corrected chi connectivity index (χ1v) is 8.88. The van der Waals surface area contributed by atoms with Crippen LogP contribution in [0.15, 0.2) is 16.6 Å². The highest BCUT2D eigenvalue weighted by Gasteiger charge is 2.19. The maximum absolute atomic E-state index is 6.13. The molecule has 2 heterocycles. The van der Waals surface area contributed by atoms with Crippen molar-refractivity contribution in [1.29, 1.82) is 0 Å². The first kappa shape index (κ1) is 16.7. The van der Waals surface area contributed by atoms with Crippen LogP contribution in [-0.2, 0) is 5.41 Å². The first-order chi connectivity index (χ1) is 9.81. The highest BCUT2D eigenvalue weighted by molar-refractivity contribution is 9.10. The Morgan fingerprint density at radius 3 is 2.52 bits per heavy atom. The number of halogens is 2. The zero-order chi connectivity index (χ0) is 15.6. The number of anilines is 1. The minimum absolute atomic E-state index is 0.0291.